The van der Waals surface area contributed by atoms with E-state index in [0.29, 0.717) is 5.92 Å². The maximum absolute atomic E-state index is 10.0. The first-order chi connectivity index (χ1) is 15.1. The minimum atomic E-state index is -0.00192. The maximum Gasteiger partial charge on any atom is 0.130 e. The molecular formula is C24H27BrN4OS. The zero-order valence-corrected chi connectivity index (χ0v) is 20.0. The van der Waals surface area contributed by atoms with E-state index >= 15 is 0 Å². The van der Waals surface area contributed by atoms with Gasteiger partial charge in [-0.15, -0.1) is 11.8 Å². The number of aryl methyl sites for hydroxylation is 1. The normalized spacial score (nSPS) is 21.1. The third-order valence-electron chi connectivity index (χ3n) is 6.35. The molecule has 3 aromatic rings. The number of hydrogen-bond acceptors (Lipinski definition) is 5. The Morgan fingerprint density at radius 2 is 2.13 bits per heavy atom. The first-order valence-electron chi connectivity index (χ1n) is 10.9. The molecule has 1 aromatic carbocycles. The largest absolute Gasteiger partial charge is 0.394 e. The van der Waals surface area contributed by atoms with Gasteiger partial charge in [0.2, 0.25) is 0 Å². The molecule has 2 unspecified atom stereocenters. The molecular weight excluding hydrogens is 472 g/mol. The summed E-state index contributed by atoms with van der Waals surface area (Å²) in [6.07, 6.45) is 5.67. The summed E-state index contributed by atoms with van der Waals surface area (Å²) in [7, 11) is 0. The quantitative estimate of drug-likeness (QED) is 0.491. The molecule has 162 valence electrons. The van der Waals surface area contributed by atoms with E-state index < -0.39 is 0 Å². The molecule has 0 saturated heterocycles. The van der Waals surface area contributed by atoms with Crippen LogP contribution in [0.25, 0.3) is 11.4 Å². The molecule has 1 fully saturated rings. The van der Waals surface area contributed by atoms with Crippen molar-refractivity contribution in [3.8, 4) is 11.4 Å². The summed E-state index contributed by atoms with van der Waals surface area (Å²) < 4.78 is 3.24. The molecule has 31 heavy (non-hydrogen) atoms. The predicted octanol–water partition coefficient (Wildman–Crippen LogP) is 5.43. The van der Waals surface area contributed by atoms with Gasteiger partial charge >= 0.3 is 0 Å². The van der Waals surface area contributed by atoms with Crippen molar-refractivity contribution in [2.75, 3.05) is 17.7 Å². The van der Waals surface area contributed by atoms with Crippen molar-refractivity contribution >= 4 is 33.5 Å². The number of pyridine rings is 1. The Morgan fingerprint density at radius 3 is 2.81 bits per heavy atom. The highest BCUT2D eigenvalue weighted by Gasteiger charge is 2.34. The summed E-state index contributed by atoms with van der Waals surface area (Å²) >= 11 is 5.48. The highest BCUT2D eigenvalue weighted by Crippen LogP contribution is 2.48. The predicted molar refractivity (Wildman–Crippen MR) is 130 cm³/mol. The van der Waals surface area contributed by atoms with Gasteiger partial charge in [0.15, 0.2) is 0 Å². The molecule has 0 amide bonds. The average molecular weight is 499 g/mol. The molecule has 2 aromatic heterocycles. The number of benzene rings is 1. The number of aromatic nitrogens is 3. The number of rotatable bonds is 5. The lowest BCUT2D eigenvalue weighted by molar-refractivity contribution is 0.265. The fourth-order valence-electron chi connectivity index (χ4n) is 4.43. The second-order valence-corrected chi connectivity index (χ2v) is 10.6. The van der Waals surface area contributed by atoms with Gasteiger partial charge in [-0.3, -0.25) is 4.98 Å². The van der Waals surface area contributed by atoms with Gasteiger partial charge in [0, 0.05) is 28.5 Å². The van der Waals surface area contributed by atoms with Gasteiger partial charge in [0.05, 0.1) is 23.6 Å². The maximum atomic E-state index is 10.0. The number of nitrogens with one attached hydrogen (secondary N) is 1. The number of fused-ring (bicyclic) bond motifs is 1. The number of aliphatic hydroxyl groups excluding tert-OH is 1. The van der Waals surface area contributed by atoms with Crippen LogP contribution in [0.1, 0.15) is 41.2 Å². The molecule has 0 radical (unpaired) electrons. The fraction of sp³-hybridized carbons (Fsp3) is 0.417. The minimum Gasteiger partial charge on any atom is -0.394 e. The van der Waals surface area contributed by atoms with Crippen LogP contribution in [0.2, 0.25) is 0 Å². The lowest BCUT2D eigenvalue weighted by atomic mass is 9.85. The van der Waals surface area contributed by atoms with Crippen LogP contribution in [-0.4, -0.2) is 38.3 Å². The van der Waals surface area contributed by atoms with E-state index in [1.807, 2.05) is 36.2 Å². The summed E-state index contributed by atoms with van der Waals surface area (Å²) in [4.78, 5) is 4.65. The minimum absolute atomic E-state index is 0.00192. The Morgan fingerprint density at radius 1 is 1.26 bits per heavy atom. The second kappa shape index (κ2) is 8.96. The summed E-state index contributed by atoms with van der Waals surface area (Å²) in [5.74, 6) is 2.55. The summed E-state index contributed by atoms with van der Waals surface area (Å²) in [6.45, 7) is 3.18. The number of hydrogen-bond donors (Lipinski definition) is 2. The Labute approximate surface area is 195 Å². The lowest BCUT2D eigenvalue weighted by Gasteiger charge is -2.26. The van der Waals surface area contributed by atoms with Crippen LogP contribution in [0, 0.1) is 12.8 Å². The van der Waals surface area contributed by atoms with Gasteiger partial charge in [-0.05, 0) is 61.1 Å². The van der Waals surface area contributed by atoms with Crippen LogP contribution >= 0.6 is 27.7 Å². The topological polar surface area (TPSA) is 63.0 Å². The number of nitrogens with zero attached hydrogens (tertiary/aromatic N) is 3. The smallest absolute Gasteiger partial charge is 0.130 e. The highest BCUT2D eigenvalue weighted by molar-refractivity contribution is 9.10. The Balaban J connectivity index is 1.69. The average Bonchev–Trinajstić information content (AvgIpc) is 2.98. The zero-order valence-electron chi connectivity index (χ0n) is 17.6. The second-order valence-electron chi connectivity index (χ2n) is 8.54. The van der Waals surface area contributed by atoms with Crippen LogP contribution in [-0.2, 0) is 6.54 Å². The van der Waals surface area contributed by atoms with E-state index in [0.717, 1.165) is 34.0 Å². The molecule has 1 saturated carbocycles. The molecule has 2 aliphatic rings. The standard InChI is InChI=1S/C24H27BrN4OS/c1-15-11-17(25)8-9-19(15)23-21-22(20-7-2-3-10-26-20)28-29(12-16-5-4-6-16)24(21)27-18(13-30)14-31-23/h2-3,7-11,16,18,23,27,30H,4-6,12-14H2,1H3. The lowest BCUT2D eigenvalue weighted by Crippen LogP contribution is -2.28. The Bertz CT molecular complexity index is 1070. The van der Waals surface area contributed by atoms with Gasteiger partial charge in [-0.2, -0.15) is 5.10 Å². The monoisotopic (exact) mass is 498 g/mol. The molecule has 7 heteroatoms. The Hall–Kier alpha value is -1.83. The van der Waals surface area contributed by atoms with Crippen LogP contribution in [0.15, 0.2) is 47.1 Å². The van der Waals surface area contributed by atoms with Crippen LogP contribution in [0.3, 0.4) is 0 Å². The number of anilines is 1. The first kappa shape index (κ1) is 21.0. The third-order valence-corrected chi connectivity index (χ3v) is 8.27. The van der Waals surface area contributed by atoms with E-state index in [4.69, 9.17) is 5.10 Å². The number of thioether (sulfide) groups is 1. The van der Waals surface area contributed by atoms with Crippen molar-refractivity contribution in [2.24, 2.45) is 5.92 Å². The van der Waals surface area contributed by atoms with Crippen LogP contribution in [0.5, 0.6) is 0 Å². The van der Waals surface area contributed by atoms with E-state index in [-0.39, 0.29) is 17.9 Å². The van der Waals surface area contributed by atoms with Crippen LogP contribution < -0.4 is 5.32 Å². The van der Waals surface area contributed by atoms with Crippen molar-refractivity contribution in [2.45, 2.75) is 44.0 Å². The summed E-state index contributed by atoms with van der Waals surface area (Å²) in [6, 6.07) is 12.5. The number of aliphatic hydroxyl groups is 1. The van der Waals surface area contributed by atoms with E-state index in [1.165, 1.54) is 36.0 Å². The van der Waals surface area contributed by atoms with E-state index in [1.54, 1.807) is 0 Å². The van der Waals surface area contributed by atoms with Crippen molar-refractivity contribution in [1.82, 2.24) is 14.8 Å². The molecule has 2 N–H and O–H groups in total. The molecule has 5 nitrogen and oxygen atoms in total. The molecule has 0 spiro atoms. The fourth-order valence-corrected chi connectivity index (χ4v) is 6.35. The van der Waals surface area contributed by atoms with Gasteiger partial charge in [-0.25, -0.2) is 4.68 Å². The molecule has 3 heterocycles. The van der Waals surface area contributed by atoms with Crippen molar-refractivity contribution < 1.29 is 5.11 Å². The van der Waals surface area contributed by atoms with Gasteiger partial charge in [0.1, 0.15) is 11.5 Å². The van der Waals surface area contributed by atoms with Gasteiger partial charge in [-0.1, -0.05) is 34.5 Å². The van der Waals surface area contributed by atoms with Crippen LogP contribution in [0.4, 0.5) is 5.82 Å². The van der Waals surface area contributed by atoms with Crippen molar-refractivity contribution in [1.29, 1.82) is 0 Å². The first-order valence-corrected chi connectivity index (χ1v) is 12.8. The van der Waals surface area contributed by atoms with E-state index in [2.05, 4.69) is 56.0 Å². The van der Waals surface area contributed by atoms with E-state index in [9.17, 15) is 5.11 Å². The van der Waals surface area contributed by atoms with Gasteiger partial charge < -0.3 is 10.4 Å². The Kier molecular flexibility index (Phi) is 6.08. The zero-order chi connectivity index (χ0) is 21.4. The van der Waals surface area contributed by atoms with Gasteiger partial charge in [0.25, 0.3) is 0 Å². The summed E-state index contributed by atoms with van der Waals surface area (Å²) in [5.41, 5.74) is 5.56. The van der Waals surface area contributed by atoms with Crippen molar-refractivity contribution in [3.63, 3.8) is 0 Å². The highest BCUT2D eigenvalue weighted by atomic mass is 79.9. The molecule has 5 rings (SSSR count). The third kappa shape index (κ3) is 4.15. The molecule has 1 aliphatic carbocycles. The molecule has 0 bridgehead atoms. The number of halogens is 1. The summed E-state index contributed by atoms with van der Waals surface area (Å²) in [5, 5.41) is 18.9. The SMILES string of the molecule is Cc1cc(Br)ccc1C1SCC(CO)Nc2c1c(-c1ccccn1)nn2CC1CCC1. The molecule has 1 aliphatic heterocycles. The molecule has 2 atom stereocenters. The van der Waals surface area contributed by atoms with Crippen molar-refractivity contribution in [3.05, 3.63) is 63.8 Å².